The van der Waals surface area contributed by atoms with Crippen LogP contribution in [-0.4, -0.2) is 60.8 Å². The molecule has 19 heavy (non-hydrogen) atoms. The zero-order chi connectivity index (χ0) is 14.4. The summed E-state index contributed by atoms with van der Waals surface area (Å²) in [7, 11) is 0. The number of aliphatic carboxylic acids is 1. The molecule has 0 aromatic rings. The predicted molar refractivity (Wildman–Crippen MR) is 70.9 cm³/mol. The van der Waals surface area contributed by atoms with Crippen molar-refractivity contribution in [3.63, 3.8) is 0 Å². The average molecular weight is 270 g/mol. The fourth-order valence-corrected chi connectivity index (χ4v) is 1.86. The summed E-state index contributed by atoms with van der Waals surface area (Å²) in [5, 5.41) is 11.5. The lowest BCUT2D eigenvalue weighted by molar-refractivity contribution is -0.133. The number of likely N-dealkylation sites (N-methyl/N-ethyl adjacent to an activating group) is 1. The molecule has 0 aromatic carbocycles. The molecule has 0 spiro atoms. The van der Waals surface area contributed by atoms with E-state index < -0.39 is 5.97 Å². The second-order valence-electron chi connectivity index (χ2n) is 4.65. The molecule has 1 aliphatic heterocycles. The Morgan fingerprint density at radius 3 is 2.63 bits per heavy atom. The molecule has 6 nitrogen and oxygen atoms in total. The lowest BCUT2D eigenvalue weighted by atomic mass is 10.1. The van der Waals surface area contributed by atoms with Crippen LogP contribution < -0.4 is 5.32 Å². The number of hydrogen-bond acceptors (Lipinski definition) is 4. The number of carbonyl (C=O) groups excluding carboxylic acids is 1. The number of carboxylic acids is 1. The minimum absolute atomic E-state index is 0.0319. The first-order valence-corrected chi connectivity index (χ1v) is 6.48. The molecule has 6 heteroatoms. The molecule has 0 bridgehead atoms. The molecule has 1 fully saturated rings. The Kier molecular flexibility index (Phi) is 5.98. The second-order valence-corrected chi connectivity index (χ2v) is 4.65. The Bertz CT molecular complexity index is 379. The van der Waals surface area contributed by atoms with Crippen LogP contribution in [0.1, 0.15) is 20.8 Å². The highest BCUT2D eigenvalue weighted by Gasteiger charge is 2.20. The minimum Gasteiger partial charge on any atom is -0.478 e. The molecule has 0 saturated carbocycles. The molecule has 1 heterocycles. The molecule has 1 atom stereocenters. The van der Waals surface area contributed by atoms with Gasteiger partial charge in [-0.05, 0) is 20.4 Å². The number of morpholine rings is 1. The molecule has 1 rings (SSSR count). The van der Waals surface area contributed by atoms with Crippen molar-refractivity contribution < 1.29 is 19.4 Å². The van der Waals surface area contributed by atoms with Gasteiger partial charge in [0.15, 0.2) is 0 Å². The highest BCUT2D eigenvalue weighted by molar-refractivity contribution is 6.01. The molecule has 108 valence electrons. The molecule has 2 N–H and O–H groups in total. The first-order chi connectivity index (χ1) is 8.95. The van der Waals surface area contributed by atoms with Gasteiger partial charge >= 0.3 is 5.97 Å². The number of carboxylic acid groups (broad SMARTS) is 1. The van der Waals surface area contributed by atoms with Gasteiger partial charge in [-0.15, -0.1) is 0 Å². The molecule has 0 radical (unpaired) electrons. The van der Waals surface area contributed by atoms with Crippen molar-refractivity contribution in [1.29, 1.82) is 0 Å². The van der Waals surface area contributed by atoms with Crippen molar-refractivity contribution in [1.82, 2.24) is 10.2 Å². The summed E-state index contributed by atoms with van der Waals surface area (Å²) in [6, 6.07) is 0. The van der Waals surface area contributed by atoms with E-state index >= 15 is 0 Å². The summed E-state index contributed by atoms with van der Waals surface area (Å²) in [5.74, 6) is -1.42. The average Bonchev–Trinajstić information content (AvgIpc) is 2.43. The Morgan fingerprint density at radius 1 is 1.37 bits per heavy atom. The van der Waals surface area contributed by atoms with Crippen LogP contribution >= 0.6 is 0 Å². The van der Waals surface area contributed by atoms with Crippen LogP contribution in [0.25, 0.3) is 0 Å². The summed E-state index contributed by atoms with van der Waals surface area (Å²) in [4.78, 5) is 24.8. The van der Waals surface area contributed by atoms with E-state index in [4.69, 9.17) is 9.84 Å². The normalized spacial score (nSPS) is 21.7. The topological polar surface area (TPSA) is 78.9 Å². The number of ether oxygens (including phenoxy) is 1. The van der Waals surface area contributed by atoms with Crippen LogP contribution in [0.15, 0.2) is 11.1 Å². The van der Waals surface area contributed by atoms with Gasteiger partial charge in [-0.25, -0.2) is 4.79 Å². The summed E-state index contributed by atoms with van der Waals surface area (Å²) in [6.07, 6.45) is -0.0319. The van der Waals surface area contributed by atoms with Crippen LogP contribution in [0.5, 0.6) is 0 Å². The number of amides is 1. The zero-order valence-corrected chi connectivity index (χ0v) is 11.7. The van der Waals surface area contributed by atoms with Crippen molar-refractivity contribution in [2.75, 3.05) is 32.8 Å². The smallest absolute Gasteiger partial charge is 0.331 e. The minimum atomic E-state index is -1.07. The Balaban J connectivity index is 2.46. The molecule has 0 aliphatic carbocycles. The zero-order valence-electron chi connectivity index (χ0n) is 11.7. The van der Waals surface area contributed by atoms with Gasteiger partial charge in [0.2, 0.25) is 5.91 Å². The molecular formula is C13H22N2O4. The molecule has 1 amide bonds. The largest absolute Gasteiger partial charge is 0.478 e. The van der Waals surface area contributed by atoms with Crippen LogP contribution in [-0.2, 0) is 14.3 Å². The van der Waals surface area contributed by atoms with Gasteiger partial charge < -0.3 is 15.2 Å². The number of nitrogens with zero attached hydrogens (tertiary/aromatic N) is 1. The van der Waals surface area contributed by atoms with E-state index in [9.17, 15) is 9.59 Å². The maximum atomic E-state index is 11.8. The van der Waals surface area contributed by atoms with Crippen molar-refractivity contribution in [2.45, 2.75) is 26.9 Å². The van der Waals surface area contributed by atoms with Gasteiger partial charge in [-0.1, -0.05) is 6.92 Å². The maximum Gasteiger partial charge on any atom is 0.331 e. The van der Waals surface area contributed by atoms with E-state index in [1.54, 1.807) is 0 Å². The molecule has 1 saturated heterocycles. The van der Waals surface area contributed by atoms with Crippen LogP contribution in [0.2, 0.25) is 0 Å². The fraction of sp³-hybridized carbons (Fsp3) is 0.692. The van der Waals surface area contributed by atoms with Crippen molar-refractivity contribution in [2.24, 2.45) is 0 Å². The SMILES string of the molecule is CCN1CCOC(CNC(=O)C(C)=C(C)C(=O)O)C1. The van der Waals surface area contributed by atoms with Gasteiger partial charge in [0.05, 0.1) is 12.7 Å². The van der Waals surface area contributed by atoms with Crippen LogP contribution in [0.4, 0.5) is 0 Å². The van der Waals surface area contributed by atoms with Gasteiger partial charge in [0.1, 0.15) is 0 Å². The standard InChI is InChI=1S/C13H22N2O4/c1-4-15-5-6-19-11(8-15)7-14-12(16)9(2)10(3)13(17)18/h11H,4-8H2,1-3H3,(H,14,16)(H,17,18). The number of nitrogens with one attached hydrogen (secondary N) is 1. The van der Waals surface area contributed by atoms with Crippen molar-refractivity contribution in [3.8, 4) is 0 Å². The fourth-order valence-electron chi connectivity index (χ4n) is 1.86. The molecule has 0 aromatic heterocycles. The summed E-state index contributed by atoms with van der Waals surface area (Å²) in [5.41, 5.74) is 0.299. The lowest BCUT2D eigenvalue weighted by Gasteiger charge is -2.32. The number of carbonyl (C=O) groups is 2. The monoisotopic (exact) mass is 270 g/mol. The van der Waals surface area contributed by atoms with Gasteiger partial charge in [-0.2, -0.15) is 0 Å². The maximum absolute atomic E-state index is 11.8. The lowest BCUT2D eigenvalue weighted by Crippen LogP contribution is -2.47. The second kappa shape index (κ2) is 7.25. The Hall–Kier alpha value is -1.40. The van der Waals surface area contributed by atoms with E-state index in [-0.39, 0.29) is 23.2 Å². The van der Waals surface area contributed by atoms with E-state index in [0.717, 1.165) is 19.6 Å². The third-order valence-electron chi connectivity index (χ3n) is 3.38. The summed E-state index contributed by atoms with van der Waals surface area (Å²) >= 11 is 0. The van der Waals surface area contributed by atoms with E-state index in [0.29, 0.717) is 13.2 Å². The van der Waals surface area contributed by atoms with Gasteiger partial charge in [0, 0.05) is 30.8 Å². The first-order valence-electron chi connectivity index (χ1n) is 6.48. The van der Waals surface area contributed by atoms with Gasteiger partial charge in [-0.3, -0.25) is 9.69 Å². The molecule has 1 aliphatic rings. The quantitative estimate of drug-likeness (QED) is 0.700. The summed E-state index contributed by atoms with van der Waals surface area (Å²) < 4.78 is 5.56. The van der Waals surface area contributed by atoms with Gasteiger partial charge in [0.25, 0.3) is 0 Å². The summed E-state index contributed by atoms with van der Waals surface area (Å²) in [6.45, 7) is 8.76. The first kappa shape index (κ1) is 15.7. The van der Waals surface area contributed by atoms with Crippen LogP contribution in [0.3, 0.4) is 0 Å². The van der Waals surface area contributed by atoms with Crippen molar-refractivity contribution in [3.05, 3.63) is 11.1 Å². The molecular weight excluding hydrogens is 248 g/mol. The van der Waals surface area contributed by atoms with E-state index in [2.05, 4.69) is 17.1 Å². The third-order valence-corrected chi connectivity index (χ3v) is 3.38. The number of hydrogen-bond donors (Lipinski definition) is 2. The van der Waals surface area contributed by atoms with Crippen LogP contribution in [0, 0.1) is 0 Å². The predicted octanol–water partition coefficient (Wildman–Crippen LogP) is 0.244. The molecule has 1 unspecified atom stereocenters. The Labute approximate surface area is 113 Å². The van der Waals surface area contributed by atoms with E-state index in [1.165, 1.54) is 13.8 Å². The Morgan fingerprint density at radius 2 is 2.05 bits per heavy atom. The highest BCUT2D eigenvalue weighted by Crippen LogP contribution is 2.06. The number of rotatable bonds is 5. The van der Waals surface area contributed by atoms with E-state index in [1.807, 2.05) is 0 Å². The van der Waals surface area contributed by atoms with Crippen molar-refractivity contribution >= 4 is 11.9 Å². The third kappa shape index (κ3) is 4.65. The highest BCUT2D eigenvalue weighted by atomic mass is 16.5.